The number of phenolic OH excluding ortho intramolecular Hbond substituents is 1. The van der Waals surface area contributed by atoms with E-state index < -0.39 is 5.91 Å². The Balaban J connectivity index is 2.46. The molecule has 158 valence electrons. The number of hydrogen-bond donors (Lipinski definition) is 2. The number of nitrogens with one attached hydrogen (secondary N) is 1. The Morgan fingerprint density at radius 1 is 1.03 bits per heavy atom. The standard InChI is InChI=1S/C26H32N2O2/c1-17(19-11-9-8-10-12-19)28-24(30)20(16-27)13-18-14-21(25(2,3)4)23(29)22(15-18)26(5,6)7/h8-15,17,29H,1-7H3,(H,28,30)/b20-13+/t17-/m0/s1. The smallest absolute Gasteiger partial charge is 0.262 e. The highest BCUT2D eigenvalue weighted by atomic mass is 16.3. The fraction of sp³-hybridized carbons (Fsp3) is 0.385. The third-order valence-electron chi connectivity index (χ3n) is 5.07. The number of aromatic hydroxyl groups is 1. The van der Waals surface area contributed by atoms with Gasteiger partial charge in [-0.3, -0.25) is 4.79 Å². The predicted octanol–water partition coefficient (Wildman–Crippen LogP) is 5.77. The zero-order valence-corrected chi connectivity index (χ0v) is 19.0. The molecule has 30 heavy (non-hydrogen) atoms. The molecule has 1 atom stereocenters. The minimum atomic E-state index is -0.420. The molecule has 0 bridgehead atoms. The van der Waals surface area contributed by atoms with Gasteiger partial charge in [0, 0.05) is 11.1 Å². The Hall–Kier alpha value is -3.06. The van der Waals surface area contributed by atoms with Crippen LogP contribution in [-0.4, -0.2) is 11.0 Å². The van der Waals surface area contributed by atoms with Crippen LogP contribution in [0, 0.1) is 11.3 Å². The van der Waals surface area contributed by atoms with E-state index in [1.165, 1.54) is 0 Å². The van der Waals surface area contributed by atoms with Gasteiger partial charge in [0.05, 0.1) is 6.04 Å². The quantitative estimate of drug-likeness (QED) is 0.502. The van der Waals surface area contributed by atoms with Crippen LogP contribution in [0.3, 0.4) is 0 Å². The first kappa shape index (κ1) is 23.2. The van der Waals surface area contributed by atoms with Crippen molar-refractivity contribution in [2.45, 2.75) is 65.3 Å². The van der Waals surface area contributed by atoms with Crippen molar-refractivity contribution in [2.75, 3.05) is 0 Å². The van der Waals surface area contributed by atoms with Crippen LogP contribution < -0.4 is 5.32 Å². The average molecular weight is 405 g/mol. The molecule has 2 aromatic carbocycles. The molecule has 0 saturated carbocycles. The van der Waals surface area contributed by atoms with Gasteiger partial charge in [-0.05, 0) is 47.1 Å². The van der Waals surface area contributed by atoms with E-state index in [2.05, 4.69) is 5.32 Å². The summed E-state index contributed by atoms with van der Waals surface area (Å²) in [5.41, 5.74) is 2.73. The third kappa shape index (κ3) is 5.51. The van der Waals surface area contributed by atoms with Gasteiger partial charge in [0.1, 0.15) is 17.4 Å². The number of amides is 1. The van der Waals surface area contributed by atoms with Gasteiger partial charge in [0.2, 0.25) is 0 Å². The normalized spacial score (nSPS) is 13.5. The fourth-order valence-electron chi connectivity index (χ4n) is 3.30. The molecule has 0 fully saturated rings. The lowest BCUT2D eigenvalue weighted by molar-refractivity contribution is -0.117. The predicted molar refractivity (Wildman–Crippen MR) is 122 cm³/mol. The van der Waals surface area contributed by atoms with E-state index in [1.807, 2.05) is 97.0 Å². The maximum atomic E-state index is 12.7. The first-order chi connectivity index (χ1) is 13.8. The number of phenols is 1. The fourth-order valence-corrected chi connectivity index (χ4v) is 3.30. The topological polar surface area (TPSA) is 73.1 Å². The van der Waals surface area contributed by atoms with E-state index in [4.69, 9.17) is 0 Å². The summed E-state index contributed by atoms with van der Waals surface area (Å²) in [4.78, 5) is 12.7. The molecule has 4 heteroatoms. The second kappa shape index (κ2) is 8.75. The van der Waals surface area contributed by atoms with Gasteiger partial charge in [-0.15, -0.1) is 0 Å². The van der Waals surface area contributed by atoms with Crippen molar-refractivity contribution in [1.29, 1.82) is 5.26 Å². The second-order valence-corrected chi connectivity index (χ2v) is 9.74. The van der Waals surface area contributed by atoms with Gasteiger partial charge in [0.25, 0.3) is 5.91 Å². The second-order valence-electron chi connectivity index (χ2n) is 9.74. The van der Waals surface area contributed by atoms with Crippen molar-refractivity contribution in [1.82, 2.24) is 5.32 Å². The molecule has 4 nitrogen and oxygen atoms in total. The lowest BCUT2D eigenvalue weighted by Crippen LogP contribution is -2.27. The molecule has 0 aromatic heterocycles. The zero-order chi connectivity index (χ0) is 22.7. The highest BCUT2D eigenvalue weighted by Crippen LogP contribution is 2.40. The summed E-state index contributed by atoms with van der Waals surface area (Å²) in [6, 6.07) is 15.1. The van der Waals surface area contributed by atoms with E-state index in [1.54, 1.807) is 6.08 Å². The van der Waals surface area contributed by atoms with E-state index in [9.17, 15) is 15.2 Å². The Kier molecular flexibility index (Phi) is 6.77. The molecule has 0 aliphatic rings. The van der Waals surface area contributed by atoms with Crippen molar-refractivity contribution >= 4 is 12.0 Å². The number of nitrogens with zero attached hydrogens (tertiary/aromatic N) is 1. The van der Waals surface area contributed by atoms with Crippen LogP contribution in [-0.2, 0) is 15.6 Å². The number of benzene rings is 2. The van der Waals surface area contributed by atoms with E-state index >= 15 is 0 Å². The molecule has 0 aliphatic heterocycles. The highest BCUT2D eigenvalue weighted by molar-refractivity contribution is 6.02. The van der Waals surface area contributed by atoms with Crippen LogP contribution >= 0.6 is 0 Å². The summed E-state index contributed by atoms with van der Waals surface area (Å²) in [6.45, 7) is 14.1. The van der Waals surface area contributed by atoms with Gasteiger partial charge in [-0.2, -0.15) is 5.26 Å². The molecule has 0 saturated heterocycles. The molecule has 2 N–H and O–H groups in total. The molecule has 0 aliphatic carbocycles. The molecule has 2 aromatic rings. The summed E-state index contributed by atoms with van der Waals surface area (Å²) in [5.74, 6) is -0.149. The van der Waals surface area contributed by atoms with Crippen molar-refractivity contribution in [3.05, 3.63) is 70.3 Å². The Bertz CT molecular complexity index is 949. The minimum Gasteiger partial charge on any atom is -0.507 e. The maximum absolute atomic E-state index is 12.7. The molecule has 0 spiro atoms. The van der Waals surface area contributed by atoms with Gasteiger partial charge in [-0.25, -0.2) is 0 Å². The monoisotopic (exact) mass is 404 g/mol. The summed E-state index contributed by atoms with van der Waals surface area (Å²) < 4.78 is 0. The van der Waals surface area contributed by atoms with Gasteiger partial charge in [0.15, 0.2) is 0 Å². The van der Waals surface area contributed by atoms with Crippen LogP contribution in [0.1, 0.15) is 76.8 Å². The van der Waals surface area contributed by atoms with Gasteiger partial charge < -0.3 is 10.4 Å². The third-order valence-corrected chi connectivity index (χ3v) is 5.07. The Morgan fingerprint density at radius 2 is 1.53 bits per heavy atom. The Labute approximate surface area is 180 Å². The number of hydrogen-bond acceptors (Lipinski definition) is 3. The highest BCUT2D eigenvalue weighted by Gasteiger charge is 2.26. The van der Waals surface area contributed by atoms with E-state index in [-0.39, 0.29) is 28.2 Å². The summed E-state index contributed by atoms with van der Waals surface area (Å²) in [6.07, 6.45) is 1.59. The number of nitriles is 1. The molecule has 2 rings (SSSR count). The first-order valence-corrected chi connectivity index (χ1v) is 10.2. The van der Waals surface area contributed by atoms with Crippen molar-refractivity contribution in [2.24, 2.45) is 0 Å². The van der Waals surface area contributed by atoms with Crippen LogP contribution in [0.5, 0.6) is 5.75 Å². The van der Waals surface area contributed by atoms with Gasteiger partial charge in [-0.1, -0.05) is 71.9 Å². The molecule has 0 unspecified atom stereocenters. The van der Waals surface area contributed by atoms with Crippen LogP contribution in [0.15, 0.2) is 48.0 Å². The lowest BCUT2D eigenvalue weighted by Gasteiger charge is -2.28. The summed E-state index contributed by atoms with van der Waals surface area (Å²) in [7, 11) is 0. The first-order valence-electron chi connectivity index (χ1n) is 10.2. The number of rotatable bonds is 4. The summed E-state index contributed by atoms with van der Waals surface area (Å²) in [5, 5.41) is 23.4. The minimum absolute atomic E-state index is 0.0307. The van der Waals surface area contributed by atoms with Crippen molar-refractivity contribution < 1.29 is 9.90 Å². The largest absolute Gasteiger partial charge is 0.507 e. The van der Waals surface area contributed by atoms with Crippen molar-refractivity contribution in [3.63, 3.8) is 0 Å². The molecular formula is C26H32N2O2. The molecular weight excluding hydrogens is 372 g/mol. The van der Waals surface area contributed by atoms with Crippen LogP contribution in [0.2, 0.25) is 0 Å². The van der Waals surface area contributed by atoms with E-state index in [0.29, 0.717) is 0 Å². The number of carbonyl (C=O) groups is 1. The van der Waals surface area contributed by atoms with Gasteiger partial charge >= 0.3 is 0 Å². The number of carbonyl (C=O) groups excluding carboxylic acids is 1. The van der Waals surface area contributed by atoms with Crippen molar-refractivity contribution in [3.8, 4) is 11.8 Å². The maximum Gasteiger partial charge on any atom is 0.262 e. The van der Waals surface area contributed by atoms with Crippen LogP contribution in [0.25, 0.3) is 6.08 Å². The average Bonchev–Trinajstić information content (AvgIpc) is 2.65. The van der Waals surface area contributed by atoms with E-state index in [0.717, 1.165) is 22.3 Å². The lowest BCUT2D eigenvalue weighted by atomic mass is 9.78. The molecule has 1 amide bonds. The van der Waals surface area contributed by atoms with Crippen LogP contribution in [0.4, 0.5) is 0 Å². The molecule has 0 heterocycles. The molecule has 0 radical (unpaired) electrons. The summed E-state index contributed by atoms with van der Waals surface area (Å²) >= 11 is 0. The SMILES string of the molecule is C[C@H](NC(=O)/C(C#N)=C/c1cc(C(C)(C)C)c(O)c(C(C)(C)C)c1)c1ccccc1. The zero-order valence-electron chi connectivity index (χ0n) is 19.0. The Morgan fingerprint density at radius 3 is 1.97 bits per heavy atom.